The Morgan fingerprint density at radius 3 is 1.99 bits per heavy atom. The molecule has 40 heteroatoms. The van der Waals surface area contributed by atoms with Crippen molar-refractivity contribution in [1.82, 2.24) is 53.6 Å². The lowest BCUT2D eigenvalue weighted by Crippen LogP contribution is -2.42. The second kappa shape index (κ2) is 20.4. The van der Waals surface area contributed by atoms with Crippen molar-refractivity contribution >= 4 is 82.3 Å². The number of fused-ring (bicyclic) bond motifs is 3. The van der Waals surface area contributed by atoms with E-state index in [9.17, 15) is 57.8 Å². The number of anilines is 3. The molecule has 9 heterocycles. The fourth-order valence-electron chi connectivity index (χ4n) is 8.78. The molecule has 9 rings (SSSR count). The maximum atomic E-state index is 13.6. The van der Waals surface area contributed by atoms with Crippen molar-refractivity contribution in [3.05, 3.63) is 46.0 Å². The van der Waals surface area contributed by atoms with Gasteiger partial charge >= 0.3 is 36.7 Å². The number of nitrogens with two attached hydrogens (primary N) is 2. The SMILES string of the molecule is CNc1ncnc2c1ncn2[C@@H]1O[C@H](COP(=O)(O)OP(C)(=O)OP(=O)(O)OC[C@H]2O[C@@H]([n+]3cn(C)c4c(=O)[nH]c(N)nc43)C(C)C2C)C(OP(=O)(O)OC[C@H]2O[C@@H](n3cnc4c(=O)[nH]c(N)nc43)C(O)C2O)C1O. The van der Waals surface area contributed by atoms with Gasteiger partial charge in [-0.25, -0.2) is 46.8 Å². The van der Waals surface area contributed by atoms with Crippen LogP contribution in [0.2, 0.25) is 0 Å². The van der Waals surface area contributed by atoms with Crippen LogP contribution in [0.25, 0.3) is 33.5 Å². The number of rotatable bonds is 19. The van der Waals surface area contributed by atoms with Gasteiger partial charge in [-0.2, -0.15) is 4.98 Å². The molecule has 36 nitrogen and oxygen atoms in total. The molecule has 0 aliphatic carbocycles. The van der Waals surface area contributed by atoms with Crippen molar-refractivity contribution in [2.45, 2.75) is 75.3 Å². The number of aryl methyl sites for hydroxylation is 1. The van der Waals surface area contributed by atoms with E-state index in [0.29, 0.717) is 6.66 Å². The Morgan fingerprint density at radius 1 is 0.733 bits per heavy atom. The summed E-state index contributed by atoms with van der Waals surface area (Å²) in [6.07, 6.45) is -10.8. The third-order valence-electron chi connectivity index (χ3n) is 12.4. The molecule has 6 aromatic heterocycles. The third-order valence-corrected chi connectivity index (χ3v) is 18.4. The number of H-pyrrole nitrogens is 2. The van der Waals surface area contributed by atoms with Crippen molar-refractivity contribution in [3.63, 3.8) is 0 Å². The number of aliphatic hydroxyl groups excluding tert-OH is 3. The van der Waals surface area contributed by atoms with Gasteiger partial charge in [0.05, 0.1) is 45.6 Å². The molecule has 75 heavy (non-hydrogen) atoms. The van der Waals surface area contributed by atoms with E-state index in [2.05, 4.69) is 45.2 Å². The minimum Gasteiger partial charge on any atom is -0.387 e. The second-order valence-electron chi connectivity index (χ2n) is 17.5. The Kier molecular flexibility index (Phi) is 14.9. The van der Waals surface area contributed by atoms with Crippen LogP contribution in [0.1, 0.15) is 32.5 Å². The van der Waals surface area contributed by atoms with Gasteiger partial charge in [0.1, 0.15) is 48.5 Å². The molecule has 3 aliphatic rings. The fraction of sp³-hybridized carbons (Fsp3) is 0.571. The highest BCUT2D eigenvalue weighted by Crippen LogP contribution is 2.68. The largest absolute Gasteiger partial charge is 0.479 e. The average Bonchev–Trinajstić information content (AvgIpc) is 4.17. The zero-order chi connectivity index (χ0) is 54.3. The van der Waals surface area contributed by atoms with Gasteiger partial charge < -0.3 is 61.0 Å². The predicted octanol–water partition coefficient (Wildman–Crippen LogP) is -1.63. The monoisotopic (exact) mass is 1140 g/mol. The molecule has 6 aromatic rings. The molecule has 16 atom stereocenters. The Morgan fingerprint density at radius 2 is 1.31 bits per heavy atom. The summed E-state index contributed by atoms with van der Waals surface area (Å²) in [5.41, 5.74) is 10.5. The molecule has 13 N–H and O–H groups in total. The Hall–Kier alpha value is -5.03. The quantitative estimate of drug-likeness (QED) is 0.0320. The summed E-state index contributed by atoms with van der Waals surface area (Å²) in [5.74, 6) is -0.895. The molecule has 0 bridgehead atoms. The summed E-state index contributed by atoms with van der Waals surface area (Å²) in [7, 11) is -18.5. The average molecular weight is 1140 g/mol. The van der Waals surface area contributed by atoms with Crippen molar-refractivity contribution in [2.24, 2.45) is 18.9 Å². The van der Waals surface area contributed by atoms with Crippen LogP contribution in [-0.2, 0) is 66.2 Å². The second-order valence-corrected chi connectivity index (χ2v) is 24.2. The molecular weight excluding hydrogens is 1090 g/mol. The molecule has 3 saturated heterocycles. The number of aliphatic hydroxyl groups is 3. The van der Waals surface area contributed by atoms with Crippen LogP contribution in [0.4, 0.5) is 17.7 Å². The molecule has 0 aromatic carbocycles. The summed E-state index contributed by atoms with van der Waals surface area (Å²) in [6.45, 7) is 1.33. The van der Waals surface area contributed by atoms with Crippen molar-refractivity contribution < 1.29 is 93.8 Å². The van der Waals surface area contributed by atoms with Crippen LogP contribution in [0.5, 0.6) is 0 Å². The number of phosphoric acid groups is 3. The summed E-state index contributed by atoms with van der Waals surface area (Å²) >= 11 is 0. The molecule has 0 spiro atoms. The molecule has 0 radical (unpaired) electrons. The van der Waals surface area contributed by atoms with E-state index in [1.54, 1.807) is 31.9 Å². The maximum Gasteiger partial charge on any atom is 0.479 e. The molecule has 3 fully saturated rings. The summed E-state index contributed by atoms with van der Waals surface area (Å²) < 4.78 is 107. The highest BCUT2D eigenvalue weighted by Gasteiger charge is 2.52. The summed E-state index contributed by atoms with van der Waals surface area (Å²) in [5, 5.41) is 36.1. The van der Waals surface area contributed by atoms with Crippen LogP contribution >= 0.6 is 31.1 Å². The van der Waals surface area contributed by atoms with E-state index in [-0.39, 0.29) is 63.0 Å². The van der Waals surface area contributed by atoms with Crippen LogP contribution in [-0.4, -0.2) is 160 Å². The van der Waals surface area contributed by atoms with E-state index in [4.69, 9.17) is 52.4 Å². The normalized spacial score (nSPS) is 30.4. The van der Waals surface area contributed by atoms with Crippen LogP contribution in [0.3, 0.4) is 0 Å². The van der Waals surface area contributed by atoms with Crippen LogP contribution in [0, 0.1) is 11.8 Å². The fourth-order valence-corrected chi connectivity index (χ4v) is 14.2. The molecule has 10 unspecified atom stereocenters. The number of ether oxygens (including phenoxy) is 3. The highest BCUT2D eigenvalue weighted by molar-refractivity contribution is 7.69. The first-order chi connectivity index (χ1) is 35.2. The lowest BCUT2D eigenvalue weighted by molar-refractivity contribution is -0.745. The van der Waals surface area contributed by atoms with E-state index in [0.717, 1.165) is 23.5 Å². The molecule has 410 valence electrons. The van der Waals surface area contributed by atoms with Gasteiger partial charge in [0, 0.05) is 19.6 Å². The van der Waals surface area contributed by atoms with Crippen LogP contribution < -0.4 is 32.5 Å². The summed E-state index contributed by atoms with van der Waals surface area (Å²) in [4.78, 5) is 86.5. The maximum absolute atomic E-state index is 13.6. The topological polar surface area (TPSA) is 499 Å². The van der Waals surface area contributed by atoms with Gasteiger partial charge in [0.15, 0.2) is 47.6 Å². The summed E-state index contributed by atoms with van der Waals surface area (Å²) in [6, 6.07) is 0. The van der Waals surface area contributed by atoms with E-state index in [1.165, 1.54) is 9.13 Å². The first kappa shape index (κ1) is 54.7. The van der Waals surface area contributed by atoms with Gasteiger partial charge in [-0.15, -0.1) is 0 Å². The number of nitrogens with zero attached hydrogens (tertiary/aromatic N) is 10. The number of phosphoric ester groups is 3. The predicted molar refractivity (Wildman–Crippen MR) is 249 cm³/mol. The number of aromatic nitrogens is 12. The molecule has 3 aliphatic heterocycles. The minimum atomic E-state index is -5.67. The Bertz CT molecular complexity index is 3470. The van der Waals surface area contributed by atoms with Gasteiger partial charge in [0.25, 0.3) is 17.1 Å². The van der Waals surface area contributed by atoms with Gasteiger partial charge in [-0.05, 0) is 5.92 Å². The lowest BCUT2D eigenvalue weighted by Gasteiger charge is -2.25. The van der Waals surface area contributed by atoms with E-state index >= 15 is 0 Å². The number of aromatic amines is 2. The van der Waals surface area contributed by atoms with Crippen molar-refractivity contribution in [2.75, 3.05) is 50.3 Å². The number of imidazole rings is 3. The van der Waals surface area contributed by atoms with Crippen molar-refractivity contribution in [3.8, 4) is 0 Å². The third kappa shape index (κ3) is 11.0. The molecule has 0 amide bonds. The zero-order valence-electron chi connectivity index (χ0n) is 39.6. The first-order valence-corrected chi connectivity index (χ1v) is 28.6. The van der Waals surface area contributed by atoms with Gasteiger partial charge in [0.2, 0.25) is 11.5 Å². The zero-order valence-corrected chi connectivity index (χ0v) is 43.2. The standard InChI is InChI=1S/C35H49N15O21P4/c1-13-14(2)31(50-12-47(4)20-28(50)44-35(37)46-30(20)55)66-15(13)6-64-74(59,60)70-72(5,56)71-75(61,62)65-8-17-24(23(53)33(68-17)48-10-41-18-25(38-3)39-9-40-26(18)48)69-73(57,58)63-7-16-21(51)22(52)32(67-16)49-11-42-19-27(49)43-34(36)45-29(19)54/h9-17,21-24,31-33,51-53H,6-8H2,1-5H3,(H9-,36,37,38,39,40,43,44,45,46,54,55,57,58,59,60,61,62)/p+1/t13?,14?,15-,16-,17-,21?,22?,23?,24?,31-,32-,33-,72?/m1/s1. The number of nitrogen functional groups attached to an aromatic ring is 2. The number of hydrogen-bond acceptors (Lipinski definition) is 27. The van der Waals surface area contributed by atoms with Crippen LogP contribution in [0.15, 0.2) is 34.9 Å². The first-order valence-electron chi connectivity index (χ1n) is 22.1. The number of hydrogen-bond donors (Lipinski definition) is 11. The van der Waals surface area contributed by atoms with E-state index < -0.39 is 123 Å². The molecular formula is C35H50N15O21P4+. The van der Waals surface area contributed by atoms with E-state index in [1.807, 2.05) is 6.92 Å². The molecule has 0 saturated carbocycles. The highest BCUT2D eigenvalue weighted by atomic mass is 31.3. The minimum absolute atomic E-state index is 0.0550. The smallest absolute Gasteiger partial charge is 0.387 e. The lowest BCUT2D eigenvalue weighted by atomic mass is 9.93. The van der Waals surface area contributed by atoms with Gasteiger partial charge in [-0.3, -0.25) is 55.9 Å². The van der Waals surface area contributed by atoms with Gasteiger partial charge in [-0.1, -0.05) is 18.8 Å². The number of nitrogens with one attached hydrogen (secondary N) is 3. The Balaban J connectivity index is 0.857. The Labute approximate surface area is 419 Å². The van der Waals surface area contributed by atoms with Crippen molar-refractivity contribution in [1.29, 1.82) is 0 Å².